The normalized spacial score (nSPS) is 12.2. The molecule has 0 aliphatic carbocycles. The second kappa shape index (κ2) is 7.03. The average Bonchev–Trinajstić information content (AvgIpc) is 3.04. The van der Waals surface area contributed by atoms with Gasteiger partial charge in [-0.3, -0.25) is 0 Å². The summed E-state index contributed by atoms with van der Waals surface area (Å²) in [4.78, 5) is 4.61. The zero-order valence-electron chi connectivity index (χ0n) is 14.8. The van der Waals surface area contributed by atoms with Gasteiger partial charge in [0.15, 0.2) is 11.5 Å². The van der Waals surface area contributed by atoms with Crippen LogP contribution in [0.2, 0.25) is 0 Å². The lowest BCUT2D eigenvalue weighted by atomic mass is 10.1. The quantitative estimate of drug-likeness (QED) is 0.745. The lowest BCUT2D eigenvalue weighted by Crippen LogP contribution is -2.10. The number of rotatable bonds is 6. The van der Waals surface area contributed by atoms with Crippen LogP contribution in [0.3, 0.4) is 0 Å². The monoisotopic (exact) mass is 342 g/mol. The second-order valence-corrected chi connectivity index (χ2v) is 5.56. The predicted molar refractivity (Wildman–Crippen MR) is 95.6 cm³/mol. The van der Waals surface area contributed by atoms with Gasteiger partial charge in [0.2, 0.25) is 5.75 Å². The highest BCUT2D eigenvalue weighted by Crippen LogP contribution is 2.40. The summed E-state index contributed by atoms with van der Waals surface area (Å²) in [5, 5.41) is 11.0. The van der Waals surface area contributed by atoms with Crippen molar-refractivity contribution in [3.05, 3.63) is 47.8 Å². The van der Waals surface area contributed by atoms with Crippen molar-refractivity contribution < 1.29 is 19.3 Å². The number of aliphatic hydroxyl groups excluding tert-OH is 1. The van der Waals surface area contributed by atoms with Crippen LogP contribution in [0.4, 0.5) is 0 Å². The largest absolute Gasteiger partial charge is 0.493 e. The van der Waals surface area contributed by atoms with E-state index in [1.54, 1.807) is 33.5 Å². The number of ether oxygens (including phenoxy) is 3. The first-order chi connectivity index (χ1) is 12.1. The molecule has 0 bridgehead atoms. The van der Waals surface area contributed by atoms with Crippen LogP contribution < -0.4 is 14.2 Å². The third-order valence-electron chi connectivity index (χ3n) is 4.25. The molecule has 132 valence electrons. The van der Waals surface area contributed by atoms with E-state index in [1.165, 1.54) is 0 Å². The van der Waals surface area contributed by atoms with Crippen LogP contribution in [0, 0.1) is 0 Å². The maximum absolute atomic E-state index is 11.0. The van der Waals surface area contributed by atoms with Crippen LogP contribution in [0.15, 0.2) is 36.4 Å². The summed E-state index contributed by atoms with van der Waals surface area (Å²) in [5.74, 6) is 2.06. The van der Waals surface area contributed by atoms with Gasteiger partial charge >= 0.3 is 0 Å². The fourth-order valence-corrected chi connectivity index (χ4v) is 3.04. The Bertz CT molecular complexity index is 863. The van der Waals surface area contributed by atoms with Crippen LogP contribution in [0.25, 0.3) is 11.0 Å². The Labute approximate surface area is 146 Å². The summed E-state index contributed by atoms with van der Waals surface area (Å²) in [5.41, 5.74) is 2.47. The summed E-state index contributed by atoms with van der Waals surface area (Å²) in [6, 6.07) is 11.3. The minimum absolute atomic E-state index is 0.491. The molecular formula is C19H22N2O4. The number of imidazole rings is 1. The molecule has 0 amide bonds. The van der Waals surface area contributed by atoms with Crippen molar-refractivity contribution in [2.75, 3.05) is 21.3 Å². The van der Waals surface area contributed by atoms with E-state index in [1.807, 2.05) is 35.8 Å². The van der Waals surface area contributed by atoms with Crippen molar-refractivity contribution in [2.45, 2.75) is 19.6 Å². The highest BCUT2D eigenvalue weighted by Gasteiger charge is 2.23. The molecule has 1 aromatic heterocycles. The molecule has 25 heavy (non-hydrogen) atoms. The summed E-state index contributed by atoms with van der Waals surface area (Å²) >= 11 is 0. The maximum Gasteiger partial charge on any atom is 0.203 e. The number of hydrogen-bond donors (Lipinski definition) is 1. The Kier molecular flexibility index (Phi) is 4.81. The van der Waals surface area contributed by atoms with Crippen LogP contribution in [-0.2, 0) is 6.54 Å². The third-order valence-corrected chi connectivity index (χ3v) is 4.25. The molecule has 0 fully saturated rings. The van der Waals surface area contributed by atoms with Crippen LogP contribution in [-0.4, -0.2) is 36.0 Å². The van der Waals surface area contributed by atoms with E-state index in [0.29, 0.717) is 35.2 Å². The van der Waals surface area contributed by atoms with Gasteiger partial charge in [0, 0.05) is 6.54 Å². The number of nitrogens with zero attached hydrogens (tertiary/aromatic N) is 2. The zero-order valence-corrected chi connectivity index (χ0v) is 14.8. The van der Waals surface area contributed by atoms with Crippen molar-refractivity contribution in [2.24, 2.45) is 0 Å². The van der Waals surface area contributed by atoms with Crippen molar-refractivity contribution >= 4 is 11.0 Å². The lowest BCUT2D eigenvalue weighted by molar-refractivity contribution is 0.204. The topological polar surface area (TPSA) is 65.7 Å². The predicted octanol–water partition coefficient (Wildman–Crippen LogP) is 3.16. The van der Waals surface area contributed by atoms with Gasteiger partial charge in [0.1, 0.15) is 11.9 Å². The Balaban J connectivity index is 2.14. The Morgan fingerprint density at radius 1 is 1.04 bits per heavy atom. The van der Waals surface area contributed by atoms with Crippen molar-refractivity contribution in [3.63, 3.8) is 0 Å². The van der Waals surface area contributed by atoms with Gasteiger partial charge < -0.3 is 23.9 Å². The van der Waals surface area contributed by atoms with E-state index in [-0.39, 0.29) is 0 Å². The van der Waals surface area contributed by atoms with Gasteiger partial charge in [0.05, 0.1) is 32.4 Å². The number of aryl methyl sites for hydroxylation is 1. The van der Waals surface area contributed by atoms with Gasteiger partial charge in [-0.05, 0) is 36.8 Å². The molecular weight excluding hydrogens is 320 g/mol. The van der Waals surface area contributed by atoms with E-state index in [4.69, 9.17) is 14.2 Å². The van der Waals surface area contributed by atoms with Crippen molar-refractivity contribution in [3.8, 4) is 17.2 Å². The SMILES string of the molecule is CCn1c([C@H](O)c2cc(OC)c(OC)c(OC)c2)nc2ccccc21. The van der Waals surface area contributed by atoms with Crippen LogP contribution in [0.5, 0.6) is 17.2 Å². The molecule has 2 aromatic carbocycles. The Morgan fingerprint density at radius 2 is 1.68 bits per heavy atom. The first-order valence-electron chi connectivity index (χ1n) is 8.07. The molecule has 0 spiro atoms. The van der Waals surface area contributed by atoms with Gasteiger partial charge in [-0.1, -0.05) is 12.1 Å². The number of methoxy groups -OCH3 is 3. The standard InChI is InChI=1S/C19H22N2O4/c1-5-21-14-9-7-6-8-13(14)20-19(21)17(22)12-10-15(23-2)18(25-4)16(11-12)24-3/h6-11,17,22H,5H2,1-4H3/t17-/m1/s1. The van der Waals surface area contributed by atoms with Gasteiger partial charge in [-0.25, -0.2) is 4.98 Å². The molecule has 3 rings (SSSR count). The fourth-order valence-electron chi connectivity index (χ4n) is 3.04. The van der Waals surface area contributed by atoms with Gasteiger partial charge in [0.25, 0.3) is 0 Å². The number of aromatic nitrogens is 2. The second-order valence-electron chi connectivity index (χ2n) is 5.56. The van der Waals surface area contributed by atoms with E-state index in [0.717, 1.165) is 11.0 Å². The molecule has 6 nitrogen and oxygen atoms in total. The number of para-hydroxylation sites is 2. The molecule has 1 atom stereocenters. The number of fused-ring (bicyclic) bond motifs is 1. The molecule has 0 aliphatic heterocycles. The molecule has 0 saturated heterocycles. The molecule has 0 unspecified atom stereocenters. The van der Waals surface area contributed by atoms with Gasteiger partial charge in [-0.15, -0.1) is 0 Å². The average molecular weight is 342 g/mol. The summed E-state index contributed by atoms with van der Waals surface area (Å²) in [6.07, 6.45) is -0.916. The first-order valence-corrected chi connectivity index (χ1v) is 8.07. The van der Waals surface area contributed by atoms with E-state index in [9.17, 15) is 5.11 Å². The van der Waals surface area contributed by atoms with E-state index < -0.39 is 6.10 Å². The lowest BCUT2D eigenvalue weighted by Gasteiger charge is -2.17. The Morgan fingerprint density at radius 3 is 2.24 bits per heavy atom. The molecule has 1 N–H and O–H groups in total. The third kappa shape index (κ3) is 2.89. The minimum atomic E-state index is -0.916. The van der Waals surface area contributed by atoms with E-state index >= 15 is 0 Å². The van der Waals surface area contributed by atoms with Crippen molar-refractivity contribution in [1.82, 2.24) is 9.55 Å². The molecule has 0 saturated carbocycles. The molecule has 0 aliphatic rings. The molecule has 3 aromatic rings. The first kappa shape index (κ1) is 17.1. The summed E-state index contributed by atoms with van der Waals surface area (Å²) < 4.78 is 18.1. The highest BCUT2D eigenvalue weighted by molar-refractivity contribution is 5.76. The zero-order chi connectivity index (χ0) is 18.0. The molecule has 6 heteroatoms. The fraction of sp³-hybridized carbons (Fsp3) is 0.316. The highest BCUT2D eigenvalue weighted by atomic mass is 16.5. The molecule has 0 radical (unpaired) electrons. The van der Waals surface area contributed by atoms with Crippen LogP contribution in [0.1, 0.15) is 24.4 Å². The van der Waals surface area contributed by atoms with Crippen molar-refractivity contribution in [1.29, 1.82) is 0 Å². The minimum Gasteiger partial charge on any atom is -0.493 e. The number of benzene rings is 2. The maximum atomic E-state index is 11.0. The number of hydrogen-bond acceptors (Lipinski definition) is 5. The van der Waals surface area contributed by atoms with E-state index in [2.05, 4.69) is 4.98 Å². The Hall–Kier alpha value is -2.73. The summed E-state index contributed by atoms with van der Waals surface area (Å²) in [7, 11) is 4.65. The van der Waals surface area contributed by atoms with Gasteiger partial charge in [-0.2, -0.15) is 0 Å². The number of aliphatic hydroxyl groups is 1. The van der Waals surface area contributed by atoms with Crippen LogP contribution >= 0.6 is 0 Å². The smallest absolute Gasteiger partial charge is 0.203 e. The summed E-state index contributed by atoms with van der Waals surface area (Å²) in [6.45, 7) is 2.73. The molecule has 1 heterocycles.